The van der Waals surface area contributed by atoms with E-state index in [9.17, 15) is 14.4 Å². The number of benzene rings is 1. The lowest BCUT2D eigenvalue weighted by atomic mass is 9.80. The molecule has 1 N–H and O–H groups in total. The Morgan fingerprint density at radius 3 is 2.20 bits per heavy atom. The number of nitrogens with one attached hydrogen (secondary N) is 1. The van der Waals surface area contributed by atoms with Gasteiger partial charge in [0.2, 0.25) is 5.91 Å². The molecule has 1 aromatic carbocycles. The molecule has 1 aliphatic carbocycles. The number of anilines is 2. The summed E-state index contributed by atoms with van der Waals surface area (Å²) in [4.78, 5) is 47.6. The highest BCUT2D eigenvalue weighted by Gasteiger charge is 2.58. The Kier molecular flexibility index (Phi) is 7.31. The van der Waals surface area contributed by atoms with Crippen LogP contribution in [0.4, 0.5) is 16.2 Å². The number of halogens is 1. The summed E-state index contributed by atoms with van der Waals surface area (Å²) in [6.45, 7) is 8.02. The molecule has 2 aliphatic rings. The summed E-state index contributed by atoms with van der Waals surface area (Å²) in [6, 6.07) is 9.11. The van der Waals surface area contributed by atoms with Gasteiger partial charge in [-0.05, 0) is 63.9 Å². The van der Waals surface area contributed by atoms with Crippen LogP contribution in [0.3, 0.4) is 0 Å². The normalized spacial score (nSPS) is 17.7. The molecule has 1 aromatic heterocycles. The van der Waals surface area contributed by atoms with Crippen LogP contribution in [-0.2, 0) is 9.59 Å². The van der Waals surface area contributed by atoms with Gasteiger partial charge in [0.25, 0.3) is 5.91 Å². The second-order valence-electron chi connectivity index (χ2n) is 10.1. The third kappa shape index (κ3) is 4.73. The Hall–Kier alpha value is -2.74. The highest BCUT2D eigenvalue weighted by Crippen LogP contribution is 2.43. The van der Waals surface area contributed by atoms with Crippen molar-refractivity contribution in [2.75, 3.05) is 16.8 Å². The Labute approximate surface area is 215 Å². The molecule has 4 rings (SSSR count). The van der Waals surface area contributed by atoms with Gasteiger partial charge in [0.15, 0.2) is 0 Å². The smallest absolute Gasteiger partial charge is 0.324 e. The van der Waals surface area contributed by atoms with Gasteiger partial charge in [-0.25, -0.2) is 9.78 Å². The van der Waals surface area contributed by atoms with Gasteiger partial charge in [0.05, 0.1) is 11.9 Å². The fourth-order valence-corrected chi connectivity index (χ4v) is 5.56. The number of para-hydroxylation sites is 1. The van der Waals surface area contributed by atoms with Crippen molar-refractivity contribution in [3.63, 3.8) is 0 Å². The van der Waals surface area contributed by atoms with E-state index in [0.29, 0.717) is 23.1 Å². The van der Waals surface area contributed by atoms with E-state index in [1.165, 1.54) is 0 Å². The first-order valence-electron chi connectivity index (χ1n) is 12.4. The molecule has 186 valence electrons. The largest absolute Gasteiger partial charge is 0.332 e. The maximum absolute atomic E-state index is 13.7. The number of imide groups is 1. The van der Waals surface area contributed by atoms with Crippen molar-refractivity contribution in [1.29, 1.82) is 0 Å². The van der Waals surface area contributed by atoms with Crippen LogP contribution < -0.4 is 10.2 Å². The van der Waals surface area contributed by atoms with E-state index in [2.05, 4.69) is 53.9 Å². The highest BCUT2D eigenvalue weighted by molar-refractivity contribution is 9.10. The highest BCUT2D eigenvalue weighted by atomic mass is 79.9. The van der Waals surface area contributed by atoms with E-state index in [0.717, 1.165) is 41.0 Å². The molecule has 1 aliphatic heterocycles. The Morgan fingerprint density at radius 1 is 1.03 bits per heavy atom. The molecule has 7 nitrogen and oxygen atoms in total. The van der Waals surface area contributed by atoms with E-state index in [1.807, 2.05) is 18.2 Å². The summed E-state index contributed by atoms with van der Waals surface area (Å²) >= 11 is 3.33. The Bertz CT molecular complexity index is 1100. The zero-order chi connectivity index (χ0) is 25.3. The van der Waals surface area contributed by atoms with Crippen molar-refractivity contribution in [2.45, 2.75) is 77.2 Å². The van der Waals surface area contributed by atoms with E-state index in [4.69, 9.17) is 0 Å². The van der Waals surface area contributed by atoms with Crippen molar-refractivity contribution >= 4 is 45.2 Å². The number of nitrogens with zero attached hydrogens (tertiary/aromatic N) is 3. The molecule has 4 amide bonds. The van der Waals surface area contributed by atoms with Crippen LogP contribution in [0.5, 0.6) is 0 Å². The molecule has 1 saturated carbocycles. The summed E-state index contributed by atoms with van der Waals surface area (Å²) < 4.78 is 0.651. The standard InChI is InChI=1S/C27H33BrN4O3/c1-17(2)20-9-8-10-21(18(3)4)24(20)30-23(33)16-31-25(34)27(13-6-5-7-14-27)32(26(31)35)19-11-12-22(28)29-15-19/h8-12,15,17-18H,5-7,13-14,16H2,1-4H3,(H,30,33). The van der Waals surface area contributed by atoms with Crippen LogP contribution in [0, 0.1) is 0 Å². The fraction of sp³-hybridized carbons (Fsp3) is 0.481. The molecule has 35 heavy (non-hydrogen) atoms. The van der Waals surface area contributed by atoms with Gasteiger partial charge >= 0.3 is 6.03 Å². The minimum atomic E-state index is -0.954. The average Bonchev–Trinajstić information content (AvgIpc) is 3.01. The minimum absolute atomic E-state index is 0.213. The number of carbonyl (C=O) groups is 3. The lowest BCUT2D eigenvalue weighted by Crippen LogP contribution is -2.51. The number of rotatable bonds is 6. The molecule has 2 fully saturated rings. The monoisotopic (exact) mass is 540 g/mol. The van der Waals surface area contributed by atoms with E-state index >= 15 is 0 Å². The first-order chi connectivity index (χ1) is 16.7. The van der Waals surface area contributed by atoms with Crippen LogP contribution in [0.1, 0.15) is 82.8 Å². The molecule has 0 atom stereocenters. The maximum Gasteiger partial charge on any atom is 0.332 e. The molecule has 1 saturated heterocycles. The molecule has 0 unspecified atom stereocenters. The fourth-order valence-electron chi connectivity index (χ4n) is 5.33. The number of aromatic nitrogens is 1. The van der Waals surface area contributed by atoms with Gasteiger partial charge in [-0.3, -0.25) is 19.4 Å². The van der Waals surface area contributed by atoms with Crippen molar-refractivity contribution in [3.8, 4) is 0 Å². The van der Waals surface area contributed by atoms with E-state index in [-0.39, 0.29) is 30.2 Å². The van der Waals surface area contributed by atoms with Crippen LogP contribution in [0.15, 0.2) is 41.1 Å². The number of amides is 4. The predicted molar refractivity (Wildman–Crippen MR) is 141 cm³/mol. The third-order valence-corrected chi connectivity index (χ3v) is 7.55. The molecule has 0 radical (unpaired) electrons. The number of pyridine rings is 1. The molecule has 1 spiro atoms. The molecule has 0 bridgehead atoms. The summed E-state index contributed by atoms with van der Waals surface area (Å²) in [5.41, 5.74) is 2.47. The number of urea groups is 1. The molecule has 2 heterocycles. The lowest BCUT2D eigenvalue weighted by Gasteiger charge is -2.37. The topological polar surface area (TPSA) is 82.6 Å². The van der Waals surface area contributed by atoms with Crippen LogP contribution in [-0.4, -0.2) is 39.8 Å². The second kappa shape index (κ2) is 10.1. The Morgan fingerprint density at radius 2 is 1.66 bits per heavy atom. The summed E-state index contributed by atoms with van der Waals surface area (Å²) in [6.07, 6.45) is 5.51. The molecule has 2 aromatic rings. The first-order valence-corrected chi connectivity index (χ1v) is 13.2. The van der Waals surface area contributed by atoms with Crippen molar-refractivity contribution in [1.82, 2.24) is 9.88 Å². The van der Waals surface area contributed by atoms with Crippen molar-refractivity contribution in [3.05, 3.63) is 52.3 Å². The molecular weight excluding hydrogens is 508 g/mol. The quantitative estimate of drug-likeness (QED) is 0.349. The zero-order valence-electron chi connectivity index (χ0n) is 20.8. The predicted octanol–water partition coefficient (Wildman–Crippen LogP) is 6.20. The maximum atomic E-state index is 13.7. The van der Waals surface area contributed by atoms with Gasteiger partial charge in [-0.1, -0.05) is 65.2 Å². The molecular formula is C27H33BrN4O3. The first kappa shape index (κ1) is 25.4. The van der Waals surface area contributed by atoms with Gasteiger partial charge in [-0.2, -0.15) is 0 Å². The number of hydrogen-bond acceptors (Lipinski definition) is 4. The SMILES string of the molecule is CC(C)c1cccc(C(C)C)c1NC(=O)CN1C(=O)N(c2ccc(Br)nc2)C2(CCCCC2)C1=O. The van der Waals surface area contributed by atoms with Gasteiger partial charge in [0, 0.05) is 5.69 Å². The van der Waals surface area contributed by atoms with Gasteiger partial charge < -0.3 is 5.32 Å². The van der Waals surface area contributed by atoms with E-state index < -0.39 is 11.6 Å². The van der Waals surface area contributed by atoms with Crippen LogP contribution in [0.2, 0.25) is 0 Å². The zero-order valence-corrected chi connectivity index (χ0v) is 22.4. The summed E-state index contributed by atoms with van der Waals surface area (Å²) in [5.74, 6) is -0.236. The van der Waals surface area contributed by atoms with Crippen molar-refractivity contribution < 1.29 is 14.4 Å². The van der Waals surface area contributed by atoms with E-state index in [1.54, 1.807) is 23.2 Å². The lowest BCUT2D eigenvalue weighted by molar-refractivity contribution is -0.134. The Balaban J connectivity index is 1.64. The van der Waals surface area contributed by atoms with Gasteiger partial charge in [-0.15, -0.1) is 0 Å². The second-order valence-corrected chi connectivity index (χ2v) is 10.9. The average molecular weight is 541 g/mol. The number of carbonyl (C=O) groups excluding carboxylic acids is 3. The van der Waals surface area contributed by atoms with Crippen molar-refractivity contribution in [2.24, 2.45) is 0 Å². The minimum Gasteiger partial charge on any atom is -0.324 e. The van der Waals surface area contributed by atoms with Crippen LogP contribution in [0.25, 0.3) is 0 Å². The van der Waals surface area contributed by atoms with Gasteiger partial charge in [0.1, 0.15) is 16.7 Å². The van der Waals surface area contributed by atoms with Crippen LogP contribution >= 0.6 is 15.9 Å². The summed E-state index contributed by atoms with van der Waals surface area (Å²) in [5, 5.41) is 3.04. The summed E-state index contributed by atoms with van der Waals surface area (Å²) in [7, 11) is 0. The third-order valence-electron chi connectivity index (χ3n) is 7.08. The molecule has 8 heteroatoms. The number of hydrogen-bond donors (Lipinski definition) is 1.